The van der Waals surface area contributed by atoms with Crippen molar-refractivity contribution >= 4 is 35.1 Å². The summed E-state index contributed by atoms with van der Waals surface area (Å²) in [5, 5.41) is 20.5. The summed E-state index contributed by atoms with van der Waals surface area (Å²) in [5.74, 6) is -0.939. The molecule has 3 N–H and O–H groups in total. The summed E-state index contributed by atoms with van der Waals surface area (Å²) in [7, 11) is 0. The Morgan fingerprint density at radius 1 is 1.20 bits per heavy atom. The van der Waals surface area contributed by atoms with E-state index in [4.69, 9.17) is 33.4 Å². The summed E-state index contributed by atoms with van der Waals surface area (Å²) in [4.78, 5) is 19.1. The van der Waals surface area contributed by atoms with Crippen LogP contribution < -0.4 is 5.32 Å². The van der Waals surface area contributed by atoms with Crippen LogP contribution in [0.5, 0.6) is 0 Å². The molecule has 1 saturated carbocycles. The minimum atomic E-state index is -1.26. The molecular formula is C18H21Cl2NO4. The zero-order valence-electron chi connectivity index (χ0n) is 13.8. The van der Waals surface area contributed by atoms with Crippen molar-refractivity contribution in [2.24, 2.45) is 11.8 Å². The van der Waals surface area contributed by atoms with Gasteiger partial charge in [-0.25, -0.2) is 9.59 Å². The van der Waals surface area contributed by atoms with E-state index in [1.54, 1.807) is 0 Å². The van der Waals surface area contributed by atoms with Gasteiger partial charge >= 0.3 is 11.9 Å². The number of nitrogens with one attached hydrogen (secondary N) is 1. The van der Waals surface area contributed by atoms with Crippen LogP contribution in [0.25, 0.3) is 0 Å². The highest BCUT2D eigenvalue weighted by molar-refractivity contribution is 6.42. The second-order valence-electron chi connectivity index (χ2n) is 6.67. The standard InChI is InChI=1S/C14H17Cl2N.C4H4O4/c1-9-4-11-7-17-8-14(11,6-9)10-2-3-12(15)13(16)5-10;5-3(6)1-2-4(7)8/h2-3,5,9,11,17H,4,6-8H2,1H3;1-2H,(H,5,6)(H,7,8)/b;2-1+/t9?,11-,14+;/m1./s1. The van der Waals surface area contributed by atoms with Crippen molar-refractivity contribution in [3.05, 3.63) is 46.0 Å². The van der Waals surface area contributed by atoms with Crippen LogP contribution in [0.15, 0.2) is 30.4 Å². The lowest BCUT2D eigenvalue weighted by molar-refractivity contribution is -0.134. The van der Waals surface area contributed by atoms with Gasteiger partial charge in [0.25, 0.3) is 0 Å². The van der Waals surface area contributed by atoms with Gasteiger partial charge in [-0.2, -0.15) is 0 Å². The summed E-state index contributed by atoms with van der Waals surface area (Å²) in [6.45, 7) is 4.59. The minimum Gasteiger partial charge on any atom is -0.478 e. The summed E-state index contributed by atoms with van der Waals surface area (Å²) in [6.07, 6.45) is 3.71. The van der Waals surface area contributed by atoms with Crippen LogP contribution in [0.3, 0.4) is 0 Å². The largest absolute Gasteiger partial charge is 0.478 e. The third kappa shape index (κ3) is 4.75. The highest BCUT2D eigenvalue weighted by atomic mass is 35.5. The van der Waals surface area contributed by atoms with Crippen molar-refractivity contribution in [1.29, 1.82) is 0 Å². The molecule has 0 spiro atoms. The molecule has 2 fully saturated rings. The van der Waals surface area contributed by atoms with Gasteiger partial charge in [0.15, 0.2) is 0 Å². The van der Waals surface area contributed by atoms with Crippen molar-refractivity contribution in [3.63, 3.8) is 0 Å². The third-order valence-corrected chi connectivity index (χ3v) is 5.61. The molecule has 136 valence electrons. The van der Waals surface area contributed by atoms with E-state index in [0.29, 0.717) is 27.6 Å². The fourth-order valence-electron chi connectivity index (χ4n) is 3.95. The SMILES string of the molecule is CC1C[C@@H]2CNC[C@]2(c2ccc(Cl)c(Cl)c2)C1.O=C(O)/C=C/C(=O)O. The van der Waals surface area contributed by atoms with Gasteiger partial charge in [-0.15, -0.1) is 0 Å². The lowest BCUT2D eigenvalue weighted by Gasteiger charge is -2.29. The van der Waals surface area contributed by atoms with Gasteiger partial charge in [-0.1, -0.05) is 36.2 Å². The summed E-state index contributed by atoms with van der Waals surface area (Å²) in [6, 6.07) is 6.17. The number of carbonyl (C=O) groups is 2. The number of halogens is 2. The number of hydrogen-bond acceptors (Lipinski definition) is 3. The Morgan fingerprint density at radius 3 is 2.40 bits per heavy atom. The molecule has 0 radical (unpaired) electrons. The highest BCUT2D eigenvalue weighted by Gasteiger charge is 2.49. The molecule has 1 aromatic carbocycles. The van der Waals surface area contributed by atoms with Crippen molar-refractivity contribution in [3.8, 4) is 0 Å². The van der Waals surface area contributed by atoms with E-state index >= 15 is 0 Å². The van der Waals surface area contributed by atoms with Crippen molar-refractivity contribution in [2.45, 2.75) is 25.2 Å². The second kappa shape index (κ2) is 8.21. The Balaban J connectivity index is 0.000000242. The number of aliphatic carboxylic acids is 2. The number of benzene rings is 1. The van der Waals surface area contributed by atoms with E-state index in [-0.39, 0.29) is 0 Å². The van der Waals surface area contributed by atoms with Crippen LogP contribution in [0.1, 0.15) is 25.3 Å². The monoisotopic (exact) mass is 385 g/mol. The molecule has 1 aromatic rings. The van der Waals surface area contributed by atoms with Crippen LogP contribution in [0.2, 0.25) is 10.0 Å². The molecule has 5 nitrogen and oxygen atoms in total. The molecule has 1 unspecified atom stereocenters. The van der Waals surface area contributed by atoms with E-state index in [0.717, 1.165) is 24.9 Å². The summed E-state index contributed by atoms with van der Waals surface area (Å²) >= 11 is 12.2. The lowest BCUT2D eigenvalue weighted by atomic mass is 9.74. The molecule has 3 rings (SSSR count). The zero-order valence-corrected chi connectivity index (χ0v) is 15.3. The van der Waals surface area contributed by atoms with Crippen molar-refractivity contribution < 1.29 is 19.8 Å². The Hall–Kier alpha value is -1.56. The van der Waals surface area contributed by atoms with Crippen LogP contribution >= 0.6 is 23.2 Å². The number of hydrogen-bond donors (Lipinski definition) is 3. The van der Waals surface area contributed by atoms with Crippen LogP contribution in [0.4, 0.5) is 0 Å². The van der Waals surface area contributed by atoms with Crippen molar-refractivity contribution in [2.75, 3.05) is 13.1 Å². The first-order chi connectivity index (χ1) is 11.7. The molecular weight excluding hydrogens is 365 g/mol. The molecule has 0 aromatic heterocycles. The second-order valence-corrected chi connectivity index (χ2v) is 7.48. The molecule has 0 bridgehead atoms. The van der Waals surface area contributed by atoms with Gasteiger partial charge in [-0.3, -0.25) is 0 Å². The topological polar surface area (TPSA) is 86.6 Å². The van der Waals surface area contributed by atoms with Gasteiger partial charge in [0.2, 0.25) is 0 Å². The van der Waals surface area contributed by atoms with Crippen LogP contribution in [0, 0.1) is 11.8 Å². The Kier molecular flexibility index (Phi) is 6.49. The first-order valence-corrected chi connectivity index (χ1v) is 8.80. The number of fused-ring (bicyclic) bond motifs is 1. The Morgan fingerprint density at radius 2 is 1.84 bits per heavy atom. The normalized spacial score (nSPS) is 27.6. The van der Waals surface area contributed by atoms with Gasteiger partial charge in [0.05, 0.1) is 10.0 Å². The molecule has 2 aliphatic rings. The molecule has 1 aliphatic heterocycles. The van der Waals surface area contributed by atoms with E-state index in [1.807, 2.05) is 6.07 Å². The maximum Gasteiger partial charge on any atom is 0.328 e. The predicted molar refractivity (Wildman–Crippen MR) is 97.3 cm³/mol. The average molecular weight is 386 g/mol. The minimum absolute atomic E-state index is 0.299. The maximum absolute atomic E-state index is 9.55. The van der Waals surface area contributed by atoms with Crippen LogP contribution in [-0.4, -0.2) is 35.2 Å². The predicted octanol–water partition coefficient (Wildman–Crippen LogP) is 3.59. The van der Waals surface area contributed by atoms with E-state index < -0.39 is 11.9 Å². The molecule has 0 amide bonds. The maximum atomic E-state index is 9.55. The zero-order chi connectivity index (χ0) is 18.6. The molecule has 7 heteroatoms. The molecule has 1 heterocycles. The fraction of sp³-hybridized carbons (Fsp3) is 0.444. The smallest absolute Gasteiger partial charge is 0.328 e. The summed E-state index contributed by atoms with van der Waals surface area (Å²) < 4.78 is 0. The van der Waals surface area contributed by atoms with E-state index in [2.05, 4.69) is 24.4 Å². The first-order valence-electron chi connectivity index (χ1n) is 8.05. The number of carboxylic acid groups (broad SMARTS) is 2. The average Bonchev–Trinajstić information content (AvgIpc) is 3.05. The third-order valence-electron chi connectivity index (χ3n) is 4.88. The molecule has 1 saturated heterocycles. The van der Waals surface area contributed by atoms with Crippen molar-refractivity contribution in [1.82, 2.24) is 5.32 Å². The van der Waals surface area contributed by atoms with E-state index in [9.17, 15) is 9.59 Å². The van der Waals surface area contributed by atoms with Crippen LogP contribution in [-0.2, 0) is 15.0 Å². The molecule has 25 heavy (non-hydrogen) atoms. The lowest BCUT2D eigenvalue weighted by Crippen LogP contribution is -2.31. The highest BCUT2D eigenvalue weighted by Crippen LogP contribution is 2.50. The Labute approximate surface area is 156 Å². The Bertz CT molecular complexity index is 676. The molecule has 3 atom stereocenters. The summed E-state index contributed by atoms with van der Waals surface area (Å²) in [5.41, 5.74) is 1.67. The van der Waals surface area contributed by atoms with Gasteiger partial charge < -0.3 is 15.5 Å². The fourth-order valence-corrected chi connectivity index (χ4v) is 4.25. The quantitative estimate of drug-likeness (QED) is 0.692. The van der Waals surface area contributed by atoms with Gasteiger partial charge in [-0.05, 0) is 48.9 Å². The van der Waals surface area contributed by atoms with E-state index in [1.165, 1.54) is 18.4 Å². The number of rotatable bonds is 3. The van der Waals surface area contributed by atoms with Gasteiger partial charge in [0, 0.05) is 24.1 Å². The molecule has 1 aliphatic carbocycles. The van der Waals surface area contributed by atoms with Gasteiger partial charge in [0.1, 0.15) is 0 Å². The first kappa shape index (κ1) is 19.8. The number of carboxylic acids is 2.